The molecule has 0 heterocycles. The summed E-state index contributed by atoms with van der Waals surface area (Å²) in [4.78, 5) is 11.1. The van der Waals surface area contributed by atoms with Gasteiger partial charge in [-0.15, -0.1) is 0 Å². The molecule has 1 aromatic rings. The Kier molecular flexibility index (Phi) is 3.33. The summed E-state index contributed by atoms with van der Waals surface area (Å²) in [6, 6.07) is 6.10. The standard InChI is InChI=1S/C16H22O3/c1-15(2,3)11-6-5-7-12(14(11)19-4)16(8-9-16)10-13(17)18/h5-7H,8-10H2,1-4H3,(H,17,18). The first-order valence-corrected chi connectivity index (χ1v) is 6.70. The van der Waals surface area contributed by atoms with Crippen molar-refractivity contribution in [3.63, 3.8) is 0 Å². The normalized spacial score (nSPS) is 17.1. The van der Waals surface area contributed by atoms with Gasteiger partial charge in [-0.25, -0.2) is 0 Å². The molecule has 0 saturated heterocycles. The lowest BCUT2D eigenvalue weighted by Crippen LogP contribution is -2.18. The molecule has 104 valence electrons. The maximum Gasteiger partial charge on any atom is 0.304 e. The van der Waals surface area contributed by atoms with Crippen LogP contribution in [0, 0.1) is 0 Å². The minimum Gasteiger partial charge on any atom is -0.496 e. The van der Waals surface area contributed by atoms with E-state index in [-0.39, 0.29) is 17.3 Å². The molecule has 1 aliphatic rings. The summed E-state index contributed by atoms with van der Waals surface area (Å²) >= 11 is 0. The Balaban J connectivity index is 2.50. The smallest absolute Gasteiger partial charge is 0.304 e. The molecule has 1 aliphatic carbocycles. The van der Waals surface area contributed by atoms with Gasteiger partial charge in [-0.3, -0.25) is 4.79 Å². The van der Waals surface area contributed by atoms with Crippen LogP contribution in [0.15, 0.2) is 18.2 Å². The molecule has 0 aliphatic heterocycles. The molecule has 0 aromatic heterocycles. The van der Waals surface area contributed by atoms with E-state index in [4.69, 9.17) is 9.84 Å². The van der Waals surface area contributed by atoms with Gasteiger partial charge in [0.2, 0.25) is 0 Å². The SMILES string of the molecule is COc1c(C(C)(C)C)cccc1C1(CC(=O)O)CC1. The summed E-state index contributed by atoms with van der Waals surface area (Å²) in [6.45, 7) is 6.43. The number of hydrogen-bond donors (Lipinski definition) is 1. The first-order valence-electron chi connectivity index (χ1n) is 6.70. The first-order chi connectivity index (χ1) is 8.80. The maximum absolute atomic E-state index is 11.1. The van der Waals surface area contributed by atoms with Crippen LogP contribution in [-0.2, 0) is 15.6 Å². The van der Waals surface area contributed by atoms with Gasteiger partial charge in [0.15, 0.2) is 0 Å². The molecule has 0 bridgehead atoms. The zero-order chi connectivity index (χ0) is 14.3. The van der Waals surface area contributed by atoms with Crippen LogP contribution in [0.1, 0.15) is 51.2 Å². The van der Waals surface area contributed by atoms with Crippen LogP contribution in [0.5, 0.6) is 5.75 Å². The van der Waals surface area contributed by atoms with E-state index in [1.165, 1.54) is 0 Å². The predicted octanol–water partition coefficient (Wildman–Crippen LogP) is 3.50. The number of carbonyl (C=O) groups is 1. The summed E-state index contributed by atoms with van der Waals surface area (Å²) in [7, 11) is 1.67. The topological polar surface area (TPSA) is 46.5 Å². The fraction of sp³-hybridized carbons (Fsp3) is 0.562. The van der Waals surface area contributed by atoms with Crippen LogP contribution in [0.2, 0.25) is 0 Å². The van der Waals surface area contributed by atoms with E-state index in [0.717, 1.165) is 29.7 Å². The van der Waals surface area contributed by atoms with Crippen molar-refractivity contribution in [3.05, 3.63) is 29.3 Å². The zero-order valence-corrected chi connectivity index (χ0v) is 12.1. The van der Waals surface area contributed by atoms with E-state index < -0.39 is 5.97 Å². The van der Waals surface area contributed by atoms with Crippen LogP contribution >= 0.6 is 0 Å². The van der Waals surface area contributed by atoms with Crippen molar-refractivity contribution >= 4 is 5.97 Å². The second-order valence-electron chi connectivity index (χ2n) is 6.49. The van der Waals surface area contributed by atoms with Gasteiger partial charge >= 0.3 is 5.97 Å². The average Bonchev–Trinajstić information content (AvgIpc) is 3.06. The van der Waals surface area contributed by atoms with E-state index in [1.807, 2.05) is 12.1 Å². The first kappa shape index (κ1) is 13.9. The quantitative estimate of drug-likeness (QED) is 0.903. The second-order valence-corrected chi connectivity index (χ2v) is 6.49. The summed E-state index contributed by atoms with van der Waals surface area (Å²) in [5, 5.41) is 9.10. The highest BCUT2D eigenvalue weighted by Crippen LogP contribution is 2.55. The Hall–Kier alpha value is -1.51. The predicted molar refractivity (Wildman–Crippen MR) is 74.9 cm³/mol. The molecule has 0 unspecified atom stereocenters. The Morgan fingerprint density at radius 3 is 2.42 bits per heavy atom. The molecule has 0 amide bonds. The van der Waals surface area contributed by atoms with Crippen molar-refractivity contribution in [3.8, 4) is 5.75 Å². The Labute approximate surface area is 114 Å². The van der Waals surface area contributed by atoms with Crippen LogP contribution in [-0.4, -0.2) is 18.2 Å². The van der Waals surface area contributed by atoms with E-state index in [0.29, 0.717) is 0 Å². The Morgan fingerprint density at radius 1 is 1.37 bits per heavy atom. The number of para-hydroxylation sites is 1. The fourth-order valence-corrected chi connectivity index (χ4v) is 2.75. The average molecular weight is 262 g/mol. The third-order valence-electron chi connectivity index (χ3n) is 3.94. The van der Waals surface area contributed by atoms with Crippen molar-refractivity contribution in [1.82, 2.24) is 0 Å². The molecule has 1 fully saturated rings. The minimum atomic E-state index is -0.735. The number of carboxylic acid groups (broad SMARTS) is 1. The number of rotatable bonds is 4. The highest BCUT2D eigenvalue weighted by molar-refractivity contribution is 5.71. The van der Waals surface area contributed by atoms with Gasteiger partial charge < -0.3 is 9.84 Å². The van der Waals surface area contributed by atoms with Crippen LogP contribution < -0.4 is 4.74 Å². The molecule has 3 nitrogen and oxygen atoms in total. The van der Waals surface area contributed by atoms with Gasteiger partial charge in [-0.1, -0.05) is 39.0 Å². The number of methoxy groups -OCH3 is 1. The van der Waals surface area contributed by atoms with E-state index >= 15 is 0 Å². The Bertz CT molecular complexity index is 493. The highest BCUT2D eigenvalue weighted by Gasteiger charge is 2.48. The minimum absolute atomic E-state index is 0.0132. The number of benzene rings is 1. The molecule has 0 radical (unpaired) electrons. The molecular formula is C16H22O3. The molecule has 1 N–H and O–H groups in total. The lowest BCUT2D eigenvalue weighted by Gasteiger charge is -2.26. The number of hydrogen-bond acceptors (Lipinski definition) is 2. The molecule has 19 heavy (non-hydrogen) atoms. The van der Waals surface area contributed by atoms with Gasteiger partial charge in [-0.05, 0) is 23.8 Å². The third kappa shape index (κ3) is 2.60. The number of aliphatic carboxylic acids is 1. The van der Waals surface area contributed by atoms with Crippen LogP contribution in [0.4, 0.5) is 0 Å². The van der Waals surface area contributed by atoms with Gasteiger partial charge in [0.25, 0.3) is 0 Å². The van der Waals surface area contributed by atoms with Crippen molar-refractivity contribution in [1.29, 1.82) is 0 Å². The molecule has 1 saturated carbocycles. The van der Waals surface area contributed by atoms with Gasteiger partial charge in [0.05, 0.1) is 13.5 Å². The second kappa shape index (κ2) is 4.55. The lowest BCUT2D eigenvalue weighted by atomic mass is 9.81. The van der Waals surface area contributed by atoms with Crippen LogP contribution in [0.25, 0.3) is 0 Å². The van der Waals surface area contributed by atoms with Crippen molar-refractivity contribution in [2.75, 3.05) is 7.11 Å². The molecule has 3 heteroatoms. The summed E-state index contributed by atoms with van der Waals surface area (Å²) < 4.78 is 5.62. The molecule has 2 rings (SSSR count). The molecule has 1 aromatic carbocycles. The van der Waals surface area contributed by atoms with Crippen molar-refractivity contribution < 1.29 is 14.6 Å². The van der Waals surface area contributed by atoms with Gasteiger partial charge in [-0.2, -0.15) is 0 Å². The van der Waals surface area contributed by atoms with E-state index in [9.17, 15) is 4.79 Å². The highest BCUT2D eigenvalue weighted by atomic mass is 16.5. The van der Waals surface area contributed by atoms with E-state index in [2.05, 4.69) is 26.8 Å². The number of carboxylic acids is 1. The summed E-state index contributed by atoms with van der Waals surface area (Å²) in [5.41, 5.74) is 1.98. The largest absolute Gasteiger partial charge is 0.496 e. The third-order valence-corrected chi connectivity index (χ3v) is 3.94. The Morgan fingerprint density at radius 2 is 2.00 bits per heavy atom. The summed E-state index contributed by atoms with van der Waals surface area (Å²) in [5.74, 6) is 0.134. The number of ether oxygens (including phenoxy) is 1. The molecular weight excluding hydrogens is 240 g/mol. The van der Waals surface area contributed by atoms with Gasteiger partial charge in [0.1, 0.15) is 5.75 Å². The van der Waals surface area contributed by atoms with Crippen molar-refractivity contribution in [2.45, 2.75) is 50.9 Å². The summed E-state index contributed by atoms with van der Waals surface area (Å²) in [6.07, 6.45) is 2.06. The molecule has 0 atom stereocenters. The van der Waals surface area contributed by atoms with Crippen molar-refractivity contribution in [2.24, 2.45) is 0 Å². The lowest BCUT2D eigenvalue weighted by molar-refractivity contribution is -0.137. The van der Waals surface area contributed by atoms with E-state index in [1.54, 1.807) is 7.11 Å². The van der Waals surface area contributed by atoms with Crippen LogP contribution in [0.3, 0.4) is 0 Å². The monoisotopic (exact) mass is 262 g/mol. The molecule has 0 spiro atoms. The van der Waals surface area contributed by atoms with Gasteiger partial charge in [0, 0.05) is 11.0 Å². The maximum atomic E-state index is 11.1. The zero-order valence-electron chi connectivity index (χ0n) is 12.1. The fourth-order valence-electron chi connectivity index (χ4n) is 2.75.